The van der Waals surface area contributed by atoms with E-state index in [0.717, 1.165) is 11.8 Å². The molecule has 2 rings (SSSR count). The second-order valence-electron chi connectivity index (χ2n) is 4.98. The van der Waals surface area contributed by atoms with E-state index in [1.54, 1.807) is 6.08 Å². The molecule has 1 aromatic rings. The average Bonchev–Trinajstić information content (AvgIpc) is 2.93. The number of benzene rings is 1. The number of hydrogen-bond acceptors (Lipinski definition) is 8. The van der Waals surface area contributed by atoms with Gasteiger partial charge in [0.15, 0.2) is 0 Å². The maximum Gasteiger partial charge on any atom is 0.276 e. The molecule has 0 aliphatic carbocycles. The lowest BCUT2D eigenvalue weighted by Gasteiger charge is -2.17. The highest BCUT2D eigenvalue weighted by molar-refractivity contribution is 6.13. The highest BCUT2D eigenvalue weighted by atomic mass is 16.4. The van der Waals surface area contributed by atoms with Crippen molar-refractivity contribution in [2.75, 3.05) is 6.61 Å². The first-order valence-corrected chi connectivity index (χ1v) is 7.12. The van der Waals surface area contributed by atoms with E-state index in [4.69, 9.17) is 5.11 Å². The van der Waals surface area contributed by atoms with Crippen LogP contribution in [0.25, 0.3) is 6.08 Å². The number of aliphatic hydroxyl groups is 4. The van der Waals surface area contributed by atoms with Crippen LogP contribution in [-0.2, 0) is 4.79 Å². The molecule has 6 N–H and O–H groups in total. The number of hydrazone groups is 1. The summed E-state index contributed by atoms with van der Waals surface area (Å²) in [5.41, 5.74) is 3.40. The summed E-state index contributed by atoms with van der Waals surface area (Å²) in [7, 11) is 0. The van der Waals surface area contributed by atoms with Gasteiger partial charge in [-0.15, -0.1) is 0 Å². The minimum atomic E-state index is -1.59. The monoisotopic (exact) mass is 334 g/mol. The molecule has 0 saturated carbocycles. The number of carbonyl (C=O) groups is 1. The topological polar surface area (TPSA) is 147 Å². The Balaban J connectivity index is 1.96. The van der Waals surface area contributed by atoms with Crippen molar-refractivity contribution in [2.24, 2.45) is 10.1 Å². The fourth-order valence-electron chi connectivity index (χ4n) is 1.83. The van der Waals surface area contributed by atoms with E-state index in [1.165, 1.54) is 0 Å². The van der Waals surface area contributed by atoms with Crippen molar-refractivity contribution in [1.82, 2.24) is 10.7 Å². The average molecular weight is 334 g/mol. The van der Waals surface area contributed by atoms with Crippen LogP contribution in [0.2, 0.25) is 0 Å². The van der Waals surface area contributed by atoms with Crippen LogP contribution in [0.5, 0.6) is 0 Å². The quantitative estimate of drug-likeness (QED) is 0.205. The summed E-state index contributed by atoms with van der Waals surface area (Å²) < 4.78 is 0. The molecule has 24 heavy (non-hydrogen) atoms. The molecule has 128 valence electrons. The number of carbonyl (C=O) groups excluding carboxylic acids is 1. The third-order valence-electron chi connectivity index (χ3n) is 3.13. The Kier molecular flexibility index (Phi) is 6.15. The van der Waals surface area contributed by atoms with Gasteiger partial charge in [0.1, 0.15) is 24.0 Å². The Labute approximate surface area is 137 Å². The molecule has 0 radical (unpaired) electrons. The second-order valence-corrected chi connectivity index (χ2v) is 4.98. The number of nitrogens with one attached hydrogen (secondary N) is 2. The van der Waals surface area contributed by atoms with Crippen LogP contribution in [-0.4, -0.2) is 63.4 Å². The number of aliphatic imine (C=N–C) groups is 1. The standard InChI is InChI=1S/C15H18N4O5/c20-8-12(22)13(23)11(21)7-16-19-15-17-10(14(24)18-15)6-9-4-2-1-3-5-9/h1-7,11-13,20-23H,8H2,(H2,17,18,19,24)/b10-6-,16-7+/t11-,12-,13+/m0/s1. The van der Waals surface area contributed by atoms with Crippen molar-refractivity contribution in [3.63, 3.8) is 0 Å². The van der Waals surface area contributed by atoms with Gasteiger partial charge < -0.3 is 20.4 Å². The number of nitrogens with zero attached hydrogens (tertiary/aromatic N) is 2. The largest absolute Gasteiger partial charge is 0.394 e. The normalized spacial score (nSPS) is 19.9. The van der Waals surface area contributed by atoms with Gasteiger partial charge in [0.25, 0.3) is 5.91 Å². The molecule has 1 aliphatic heterocycles. The highest BCUT2D eigenvalue weighted by Crippen LogP contribution is 2.11. The Morgan fingerprint density at radius 2 is 1.96 bits per heavy atom. The lowest BCUT2D eigenvalue weighted by molar-refractivity contribution is -0.115. The third kappa shape index (κ3) is 4.70. The van der Waals surface area contributed by atoms with Gasteiger partial charge in [0.05, 0.1) is 12.8 Å². The zero-order valence-corrected chi connectivity index (χ0v) is 12.6. The minimum absolute atomic E-state index is 0.0582. The van der Waals surface area contributed by atoms with E-state index in [1.807, 2.05) is 30.3 Å². The van der Waals surface area contributed by atoms with Gasteiger partial charge in [-0.3, -0.25) is 10.1 Å². The van der Waals surface area contributed by atoms with Crippen LogP contribution in [0.3, 0.4) is 0 Å². The molecular formula is C15H18N4O5. The summed E-state index contributed by atoms with van der Waals surface area (Å²) in [6.45, 7) is -0.699. The van der Waals surface area contributed by atoms with Crippen LogP contribution in [0, 0.1) is 0 Å². The van der Waals surface area contributed by atoms with Crippen molar-refractivity contribution in [3.8, 4) is 0 Å². The van der Waals surface area contributed by atoms with Gasteiger partial charge in [-0.1, -0.05) is 30.3 Å². The number of amides is 1. The first-order valence-electron chi connectivity index (χ1n) is 7.12. The number of aliphatic hydroxyl groups excluding tert-OH is 4. The summed E-state index contributed by atoms with van der Waals surface area (Å²) in [6.07, 6.45) is -2.07. The number of guanidine groups is 1. The molecule has 9 heteroatoms. The Morgan fingerprint density at radius 3 is 2.62 bits per heavy atom. The van der Waals surface area contributed by atoms with Crippen molar-refractivity contribution < 1.29 is 25.2 Å². The molecule has 1 heterocycles. The van der Waals surface area contributed by atoms with Gasteiger partial charge in [0, 0.05) is 0 Å². The molecule has 0 fully saturated rings. The molecule has 1 amide bonds. The molecule has 1 aromatic carbocycles. The maximum absolute atomic E-state index is 11.8. The lowest BCUT2D eigenvalue weighted by Crippen LogP contribution is -2.41. The number of hydrogen-bond donors (Lipinski definition) is 6. The van der Waals surface area contributed by atoms with E-state index in [2.05, 4.69) is 20.8 Å². The van der Waals surface area contributed by atoms with Crippen molar-refractivity contribution in [3.05, 3.63) is 41.6 Å². The van der Waals surface area contributed by atoms with E-state index in [0.29, 0.717) is 0 Å². The molecule has 0 saturated heterocycles. The SMILES string of the molecule is O=C1NC(N/N=C/[C@H](O)[C@@H](O)[C@@H](O)CO)=N/C1=C\c1ccccc1. The van der Waals surface area contributed by atoms with Crippen molar-refractivity contribution >= 4 is 24.2 Å². The lowest BCUT2D eigenvalue weighted by atomic mass is 10.1. The second kappa shape index (κ2) is 8.31. The van der Waals surface area contributed by atoms with Gasteiger partial charge in [-0.25, -0.2) is 10.4 Å². The Hall–Kier alpha value is -2.59. The first-order chi connectivity index (χ1) is 11.5. The van der Waals surface area contributed by atoms with Gasteiger partial charge in [-0.05, 0) is 11.6 Å². The molecule has 0 unspecified atom stereocenters. The van der Waals surface area contributed by atoms with Crippen molar-refractivity contribution in [2.45, 2.75) is 18.3 Å². The predicted molar refractivity (Wildman–Crippen MR) is 86.7 cm³/mol. The highest BCUT2D eigenvalue weighted by Gasteiger charge is 2.23. The fourth-order valence-corrected chi connectivity index (χ4v) is 1.83. The number of rotatable bonds is 6. The Bertz CT molecular complexity index is 659. The van der Waals surface area contributed by atoms with Gasteiger partial charge >= 0.3 is 0 Å². The molecular weight excluding hydrogens is 316 g/mol. The first kappa shape index (κ1) is 17.8. The molecule has 0 bridgehead atoms. The molecule has 0 aromatic heterocycles. The van der Waals surface area contributed by atoms with E-state index in [-0.39, 0.29) is 11.7 Å². The fraction of sp³-hybridized carbons (Fsp3) is 0.267. The van der Waals surface area contributed by atoms with Crippen LogP contribution in [0.15, 0.2) is 46.1 Å². The summed E-state index contributed by atoms with van der Waals surface area (Å²) >= 11 is 0. The van der Waals surface area contributed by atoms with Gasteiger partial charge in [-0.2, -0.15) is 5.10 Å². The molecule has 3 atom stereocenters. The summed E-state index contributed by atoms with van der Waals surface area (Å²) in [5, 5.41) is 42.9. The summed E-state index contributed by atoms with van der Waals surface area (Å²) in [5.74, 6) is -0.351. The molecule has 0 spiro atoms. The Morgan fingerprint density at radius 1 is 1.25 bits per heavy atom. The van der Waals surface area contributed by atoms with E-state index in [9.17, 15) is 20.1 Å². The summed E-state index contributed by atoms with van der Waals surface area (Å²) in [6, 6.07) is 9.17. The van der Waals surface area contributed by atoms with E-state index < -0.39 is 30.8 Å². The van der Waals surface area contributed by atoms with Crippen LogP contribution in [0.1, 0.15) is 5.56 Å². The van der Waals surface area contributed by atoms with Gasteiger partial charge in [0.2, 0.25) is 5.96 Å². The predicted octanol–water partition coefficient (Wildman–Crippen LogP) is -1.84. The zero-order chi connectivity index (χ0) is 17.5. The molecule has 9 nitrogen and oxygen atoms in total. The van der Waals surface area contributed by atoms with Crippen molar-refractivity contribution in [1.29, 1.82) is 0 Å². The minimum Gasteiger partial charge on any atom is -0.394 e. The van der Waals surface area contributed by atoms with Crippen LogP contribution >= 0.6 is 0 Å². The third-order valence-corrected chi connectivity index (χ3v) is 3.13. The zero-order valence-electron chi connectivity index (χ0n) is 12.6. The van der Waals surface area contributed by atoms with Crippen LogP contribution < -0.4 is 10.7 Å². The summed E-state index contributed by atoms with van der Waals surface area (Å²) in [4.78, 5) is 15.8. The maximum atomic E-state index is 11.8. The van der Waals surface area contributed by atoms with Crippen LogP contribution in [0.4, 0.5) is 0 Å². The smallest absolute Gasteiger partial charge is 0.276 e. The van der Waals surface area contributed by atoms with E-state index >= 15 is 0 Å². The molecule has 1 aliphatic rings.